The number of ether oxygens (including phenoxy) is 1. The first-order valence-corrected chi connectivity index (χ1v) is 10.7. The molecule has 29 heavy (non-hydrogen) atoms. The minimum absolute atomic E-state index is 0.0430. The van der Waals surface area contributed by atoms with Crippen LogP contribution >= 0.6 is 0 Å². The summed E-state index contributed by atoms with van der Waals surface area (Å²) in [5.41, 5.74) is 1.65. The number of aromatic carboxylic acids is 1. The second-order valence-corrected chi connectivity index (χ2v) is 8.96. The van der Waals surface area contributed by atoms with E-state index in [1.165, 1.54) is 28.6 Å². The molecule has 0 aliphatic carbocycles. The van der Waals surface area contributed by atoms with E-state index in [-0.39, 0.29) is 36.2 Å². The van der Waals surface area contributed by atoms with Crippen molar-refractivity contribution in [3.8, 4) is 0 Å². The first-order chi connectivity index (χ1) is 13.9. The van der Waals surface area contributed by atoms with Crippen LogP contribution in [0.15, 0.2) is 53.4 Å². The molecular weight excluding hydrogens is 396 g/mol. The SMILES string of the molecule is O=C(O)c1cccc(S(=O)(=O)N2CCC(N3C(=O)OCc4ccccc43)CC2)c1. The van der Waals surface area contributed by atoms with Gasteiger partial charge in [-0.25, -0.2) is 18.0 Å². The molecule has 1 fully saturated rings. The number of rotatable bonds is 4. The van der Waals surface area contributed by atoms with E-state index in [0.717, 1.165) is 11.3 Å². The molecule has 1 N–H and O–H groups in total. The molecule has 1 saturated heterocycles. The second-order valence-electron chi connectivity index (χ2n) is 7.02. The molecule has 2 aromatic carbocycles. The van der Waals surface area contributed by atoms with Gasteiger partial charge in [0.15, 0.2) is 0 Å². The summed E-state index contributed by atoms with van der Waals surface area (Å²) < 4.78 is 32.5. The number of carbonyl (C=O) groups is 2. The van der Waals surface area contributed by atoms with E-state index < -0.39 is 22.1 Å². The lowest BCUT2D eigenvalue weighted by Gasteiger charge is -2.39. The highest BCUT2D eigenvalue weighted by Gasteiger charge is 2.37. The summed E-state index contributed by atoms with van der Waals surface area (Å²) in [6, 6.07) is 12.7. The molecule has 152 valence electrons. The molecule has 0 aromatic heterocycles. The largest absolute Gasteiger partial charge is 0.478 e. The molecular formula is C20H20N2O6S. The summed E-state index contributed by atoms with van der Waals surface area (Å²) in [5, 5.41) is 9.11. The first-order valence-electron chi connectivity index (χ1n) is 9.25. The number of hydrogen-bond donors (Lipinski definition) is 1. The zero-order valence-electron chi connectivity index (χ0n) is 15.5. The molecule has 0 unspecified atom stereocenters. The number of sulfonamides is 1. The van der Waals surface area contributed by atoms with Crippen LogP contribution in [0.2, 0.25) is 0 Å². The minimum Gasteiger partial charge on any atom is -0.478 e. The number of piperidine rings is 1. The first kappa shape index (κ1) is 19.4. The monoisotopic (exact) mass is 416 g/mol. The molecule has 8 nitrogen and oxygen atoms in total. The maximum Gasteiger partial charge on any atom is 0.414 e. The van der Waals surface area contributed by atoms with Crippen molar-refractivity contribution in [2.75, 3.05) is 18.0 Å². The highest BCUT2D eigenvalue weighted by atomic mass is 32.2. The molecule has 0 radical (unpaired) electrons. The number of benzene rings is 2. The van der Waals surface area contributed by atoms with Crippen molar-refractivity contribution in [3.05, 3.63) is 59.7 Å². The standard InChI is InChI=1S/C20H20N2O6S/c23-19(24)14-5-3-6-17(12-14)29(26,27)21-10-8-16(9-11-21)22-18-7-2-1-4-15(18)13-28-20(22)25/h1-7,12,16H,8-11,13H2,(H,23,24). The van der Waals surface area contributed by atoms with Crippen molar-refractivity contribution in [1.82, 2.24) is 4.31 Å². The Bertz CT molecular complexity index is 1060. The molecule has 2 aliphatic heterocycles. The van der Waals surface area contributed by atoms with Gasteiger partial charge in [0.1, 0.15) is 6.61 Å². The highest BCUT2D eigenvalue weighted by Crippen LogP contribution is 2.32. The smallest absolute Gasteiger partial charge is 0.414 e. The zero-order chi connectivity index (χ0) is 20.6. The minimum atomic E-state index is -3.81. The Hall–Kier alpha value is -2.91. The van der Waals surface area contributed by atoms with E-state index in [4.69, 9.17) is 9.84 Å². The summed E-state index contributed by atoms with van der Waals surface area (Å²) >= 11 is 0. The zero-order valence-corrected chi connectivity index (χ0v) is 16.3. The lowest BCUT2D eigenvalue weighted by molar-refractivity contribution is 0.0696. The molecule has 2 heterocycles. The van der Waals surface area contributed by atoms with Crippen molar-refractivity contribution in [2.45, 2.75) is 30.4 Å². The van der Waals surface area contributed by atoms with E-state index in [9.17, 15) is 18.0 Å². The molecule has 2 aliphatic rings. The number of nitrogens with zero attached hydrogens (tertiary/aromatic N) is 2. The highest BCUT2D eigenvalue weighted by molar-refractivity contribution is 7.89. The second kappa shape index (κ2) is 7.49. The van der Waals surface area contributed by atoms with Gasteiger partial charge in [-0.05, 0) is 37.1 Å². The third-order valence-electron chi connectivity index (χ3n) is 5.31. The molecule has 0 atom stereocenters. The van der Waals surface area contributed by atoms with Crippen molar-refractivity contribution < 1.29 is 27.9 Å². The number of anilines is 1. The predicted molar refractivity (Wildman–Crippen MR) is 104 cm³/mol. The van der Waals surface area contributed by atoms with E-state index in [0.29, 0.717) is 12.8 Å². The molecule has 0 saturated carbocycles. The quantitative estimate of drug-likeness (QED) is 0.822. The average molecular weight is 416 g/mol. The summed E-state index contributed by atoms with van der Waals surface area (Å²) in [6.45, 7) is 0.700. The maximum atomic E-state index is 12.9. The van der Waals surface area contributed by atoms with Crippen LogP contribution < -0.4 is 4.90 Å². The van der Waals surface area contributed by atoms with Crippen molar-refractivity contribution in [2.24, 2.45) is 0 Å². The third kappa shape index (κ3) is 3.58. The van der Waals surface area contributed by atoms with Crippen LogP contribution in [-0.4, -0.2) is 49.0 Å². The van der Waals surface area contributed by atoms with Crippen LogP contribution in [0, 0.1) is 0 Å². The van der Waals surface area contributed by atoms with Gasteiger partial charge in [-0.3, -0.25) is 4.90 Å². The van der Waals surface area contributed by atoms with Crippen LogP contribution in [0.4, 0.5) is 10.5 Å². The van der Waals surface area contributed by atoms with Gasteiger partial charge >= 0.3 is 12.1 Å². The molecule has 9 heteroatoms. The van der Waals surface area contributed by atoms with Crippen LogP contribution in [0.1, 0.15) is 28.8 Å². The molecule has 0 spiro atoms. The summed E-state index contributed by atoms with van der Waals surface area (Å²) in [7, 11) is -3.81. The summed E-state index contributed by atoms with van der Waals surface area (Å²) in [4.78, 5) is 25.1. The summed E-state index contributed by atoms with van der Waals surface area (Å²) in [6.07, 6.45) is 0.502. The van der Waals surface area contributed by atoms with Gasteiger partial charge in [-0.1, -0.05) is 24.3 Å². The van der Waals surface area contributed by atoms with Crippen LogP contribution in [-0.2, 0) is 21.4 Å². The fourth-order valence-electron chi connectivity index (χ4n) is 3.80. The number of carboxylic acids is 1. The Morgan fingerprint density at radius 3 is 2.52 bits per heavy atom. The molecule has 1 amide bonds. The predicted octanol–water partition coefficient (Wildman–Crippen LogP) is 2.69. The summed E-state index contributed by atoms with van der Waals surface area (Å²) in [5.74, 6) is -1.18. The number of para-hydroxylation sites is 1. The lowest BCUT2D eigenvalue weighted by atomic mass is 10.0. The molecule has 2 aromatic rings. The number of carboxylic acid groups (broad SMARTS) is 1. The Kier molecular flexibility index (Phi) is 5.01. The van der Waals surface area contributed by atoms with Crippen LogP contribution in [0.25, 0.3) is 0 Å². The Morgan fingerprint density at radius 2 is 1.79 bits per heavy atom. The van der Waals surface area contributed by atoms with Crippen molar-refractivity contribution >= 4 is 27.8 Å². The van der Waals surface area contributed by atoms with Crippen molar-refractivity contribution in [3.63, 3.8) is 0 Å². The van der Waals surface area contributed by atoms with Crippen LogP contribution in [0.3, 0.4) is 0 Å². The Labute approximate surface area is 168 Å². The maximum absolute atomic E-state index is 12.9. The third-order valence-corrected chi connectivity index (χ3v) is 7.20. The van der Waals surface area contributed by atoms with Gasteiger partial charge in [-0.2, -0.15) is 4.31 Å². The number of amides is 1. The Morgan fingerprint density at radius 1 is 1.07 bits per heavy atom. The lowest BCUT2D eigenvalue weighted by Crippen LogP contribution is -2.50. The number of fused-ring (bicyclic) bond motifs is 1. The van der Waals surface area contributed by atoms with E-state index >= 15 is 0 Å². The van der Waals surface area contributed by atoms with E-state index in [1.807, 2.05) is 24.3 Å². The van der Waals surface area contributed by atoms with Gasteiger partial charge in [0.2, 0.25) is 10.0 Å². The fraction of sp³-hybridized carbons (Fsp3) is 0.300. The number of cyclic esters (lactones) is 1. The van der Waals surface area contributed by atoms with Gasteiger partial charge < -0.3 is 9.84 Å². The van der Waals surface area contributed by atoms with Crippen LogP contribution in [0.5, 0.6) is 0 Å². The number of hydrogen-bond acceptors (Lipinski definition) is 5. The van der Waals surface area contributed by atoms with E-state index in [1.54, 1.807) is 4.90 Å². The van der Waals surface area contributed by atoms with Gasteiger partial charge in [-0.15, -0.1) is 0 Å². The van der Waals surface area contributed by atoms with Gasteiger partial charge in [0.05, 0.1) is 16.1 Å². The molecule has 4 rings (SSSR count). The molecule has 0 bridgehead atoms. The van der Waals surface area contributed by atoms with Crippen molar-refractivity contribution in [1.29, 1.82) is 0 Å². The van der Waals surface area contributed by atoms with Gasteiger partial charge in [0, 0.05) is 24.7 Å². The number of carbonyl (C=O) groups excluding carboxylic acids is 1. The van der Waals surface area contributed by atoms with Gasteiger partial charge in [0.25, 0.3) is 0 Å². The topological polar surface area (TPSA) is 104 Å². The average Bonchev–Trinajstić information content (AvgIpc) is 2.74. The Balaban J connectivity index is 1.52. The normalized spacial score (nSPS) is 18.2. The fourth-order valence-corrected chi connectivity index (χ4v) is 5.32. The van der Waals surface area contributed by atoms with E-state index in [2.05, 4.69) is 0 Å².